The number of ether oxygens (including phenoxy) is 2. The molecule has 14 heteroatoms. The van der Waals surface area contributed by atoms with Crippen LogP contribution in [0.3, 0.4) is 0 Å². The molecule has 1 saturated heterocycles. The summed E-state index contributed by atoms with van der Waals surface area (Å²) in [5.74, 6) is -1.62. The number of imide groups is 1. The van der Waals surface area contributed by atoms with Gasteiger partial charge in [0.25, 0.3) is 16.8 Å². The van der Waals surface area contributed by atoms with E-state index in [1.54, 1.807) is 0 Å². The summed E-state index contributed by atoms with van der Waals surface area (Å²) >= 11 is 0.615. The van der Waals surface area contributed by atoms with Crippen LogP contribution in [0.25, 0.3) is 6.08 Å². The number of nitro groups is 2. The van der Waals surface area contributed by atoms with Crippen LogP contribution >= 0.6 is 11.8 Å². The molecule has 1 aliphatic heterocycles. The van der Waals surface area contributed by atoms with Crippen LogP contribution in [0.4, 0.5) is 16.2 Å². The highest BCUT2D eigenvalue weighted by molar-refractivity contribution is 8.18. The standard InChI is InChI=1S/C19H14N4O9S/c1-31-14-4-2-10(7-16-18(25)21(9-17(20)24)19(26)33-16)6-15(14)32-13-5-3-11(22(27)28)8-12(13)23(29)30/h2-8H,9H2,1H3,(H2,20,24)/b16-7-. The molecule has 2 aromatic rings. The highest BCUT2D eigenvalue weighted by atomic mass is 32.2. The summed E-state index contributed by atoms with van der Waals surface area (Å²) in [6.07, 6.45) is 1.36. The van der Waals surface area contributed by atoms with Gasteiger partial charge in [-0.25, -0.2) is 0 Å². The minimum Gasteiger partial charge on any atom is -0.493 e. The zero-order valence-corrected chi connectivity index (χ0v) is 17.6. The van der Waals surface area contributed by atoms with Gasteiger partial charge in [0, 0.05) is 6.07 Å². The lowest BCUT2D eigenvalue weighted by Crippen LogP contribution is -2.36. The molecule has 2 aromatic carbocycles. The van der Waals surface area contributed by atoms with Crippen LogP contribution in [0.5, 0.6) is 17.2 Å². The zero-order chi connectivity index (χ0) is 24.3. The zero-order valence-electron chi connectivity index (χ0n) is 16.8. The number of hydrogen-bond acceptors (Lipinski definition) is 10. The van der Waals surface area contributed by atoms with E-state index >= 15 is 0 Å². The van der Waals surface area contributed by atoms with E-state index in [1.165, 1.54) is 31.4 Å². The third-order valence-electron chi connectivity index (χ3n) is 4.24. The van der Waals surface area contributed by atoms with Crippen LogP contribution in [0.2, 0.25) is 0 Å². The summed E-state index contributed by atoms with van der Waals surface area (Å²) in [7, 11) is 1.33. The number of nitro benzene ring substituents is 2. The molecule has 3 rings (SSSR count). The van der Waals surface area contributed by atoms with Gasteiger partial charge in [-0.05, 0) is 41.6 Å². The number of amides is 3. The molecule has 0 aliphatic carbocycles. The number of benzene rings is 2. The van der Waals surface area contributed by atoms with Crippen molar-refractivity contribution in [1.29, 1.82) is 0 Å². The van der Waals surface area contributed by atoms with E-state index in [2.05, 4.69) is 0 Å². The number of rotatable bonds is 8. The van der Waals surface area contributed by atoms with Gasteiger partial charge in [-0.3, -0.25) is 39.5 Å². The molecule has 0 unspecified atom stereocenters. The van der Waals surface area contributed by atoms with Crippen molar-refractivity contribution in [3.63, 3.8) is 0 Å². The summed E-state index contributed by atoms with van der Waals surface area (Å²) in [4.78, 5) is 56.8. The maximum atomic E-state index is 12.4. The minimum atomic E-state index is -0.844. The van der Waals surface area contributed by atoms with Gasteiger partial charge in [-0.2, -0.15) is 0 Å². The lowest BCUT2D eigenvalue weighted by Gasteiger charge is -2.11. The molecule has 33 heavy (non-hydrogen) atoms. The van der Waals surface area contributed by atoms with E-state index < -0.39 is 44.8 Å². The monoisotopic (exact) mass is 474 g/mol. The van der Waals surface area contributed by atoms with E-state index in [0.29, 0.717) is 22.2 Å². The first kappa shape index (κ1) is 23.2. The Kier molecular flexibility index (Phi) is 6.58. The number of hydrogen-bond donors (Lipinski definition) is 1. The second kappa shape index (κ2) is 9.35. The van der Waals surface area contributed by atoms with Crippen LogP contribution in [-0.4, -0.2) is 45.5 Å². The van der Waals surface area contributed by atoms with Gasteiger partial charge in [-0.1, -0.05) is 6.07 Å². The fourth-order valence-electron chi connectivity index (χ4n) is 2.77. The Morgan fingerprint density at radius 3 is 2.39 bits per heavy atom. The smallest absolute Gasteiger partial charge is 0.318 e. The van der Waals surface area contributed by atoms with Crippen molar-refractivity contribution < 1.29 is 33.7 Å². The third-order valence-corrected chi connectivity index (χ3v) is 5.15. The third kappa shape index (κ3) is 5.07. The van der Waals surface area contributed by atoms with E-state index in [1.807, 2.05) is 0 Å². The second-order valence-corrected chi connectivity index (χ2v) is 7.41. The molecule has 1 aliphatic rings. The lowest BCUT2D eigenvalue weighted by molar-refractivity contribution is -0.394. The number of nitrogens with two attached hydrogens (primary N) is 1. The van der Waals surface area contributed by atoms with Gasteiger partial charge in [0.05, 0.1) is 27.9 Å². The highest BCUT2D eigenvalue weighted by Crippen LogP contribution is 2.39. The van der Waals surface area contributed by atoms with Crippen molar-refractivity contribution in [2.24, 2.45) is 5.73 Å². The summed E-state index contributed by atoms with van der Waals surface area (Å²) in [6.45, 7) is -0.553. The number of nitrogens with zero attached hydrogens (tertiary/aromatic N) is 3. The van der Waals surface area contributed by atoms with Crippen LogP contribution in [0, 0.1) is 20.2 Å². The molecule has 0 bridgehead atoms. The molecule has 1 heterocycles. The normalized spacial score (nSPS) is 14.5. The van der Waals surface area contributed by atoms with Crippen LogP contribution in [0.15, 0.2) is 41.3 Å². The van der Waals surface area contributed by atoms with Crippen LogP contribution in [-0.2, 0) is 9.59 Å². The van der Waals surface area contributed by atoms with Gasteiger partial charge in [0.1, 0.15) is 6.54 Å². The molecule has 0 saturated carbocycles. The maximum Gasteiger partial charge on any atom is 0.318 e. The van der Waals surface area contributed by atoms with Gasteiger partial charge in [0.2, 0.25) is 11.7 Å². The second-order valence-electron chi connectivity index (χ2n) is 6.41. The van der Waals surface area contributed by atoms with E-state index in [-0.39, 0.29) is 22.2 Å². The first-order valence-electron chi connectivity index (χ1n) is 8.93. The van der Waals surface area contributed by atoms with Crippen molar-refractivity contribution in [2.45, 2.75) is 0 Å². The van der Waals surface area contributed by atoms with Gasteiger partial charge in [-0.15, -0.1) is 0 Å². The predicted molar refractivity (Wildman–Crippen MR) is 115 cm³/mol. The summed E-state index contributed by atoms with van der Waals surface area (Å²) in [5, 5.41) is 21.6. The Bertz CT molecular complexity index is 1230. The first-order valence-corrected chi connectivity index (χ1v) is 9.74. The van der Waals surface area contributed by atoms with Crippen molar-refractivity contribution in [1.82, 2.24) is 4.90 Å². The number of carbonyl (C=O) groups is 3. The highest BCUT2D eigenvalue weighted by Gasteiger charge is 2.35. The average Bonchev–Trinajstić information content (AvgIpc) is 3.01. The van der Waals surface area contributed by atoms with Gasteiger partial charge >= 0.3 is 5.69 Å². The van der Waals surface area contributed by atoms with Crippen molar-refractivity contribution in [3.05, 3.63) is 67.1 Å². The Morgan fingerprint density at radius 1 is 1.09 bits per heavy atom. The largest absolute Gasteiger partial charge is 0.493 e. The number of non-ortho nitro benzene ring substituents is 1. The lowest BCUT2D eigenvalue weighted by atomic mass is 10.1. The van der Waals surface area contributed by atoms with Gasteiger partial charge < -0.3 is 15.2 Å². The quantitative estimate of drug-likeness (QED) is 0.339. The molecular formula is C19H14N4O9S. The summed E-state index contributed by atoms with van der Waals surface area (Å²) in [6, 6.07) is 7.29. The summed E-state index contributed by atoms with van der Waals surface area (Å²) in [5.41, 5.74) is 4.30. The minimum absolute atomic E-state index is 0.0135. The average molecular weight is 474 g/mol. The Morgan fingerprint density at radius 2 is 1.79 bits per heavy atom. The van der Waals surface area contributed by atoms with Crippen molar-refractivity contribution in [2.75, 3.05) is 13.7 Å². The molecule has 3 amide bonds. The molecule has 0 radical (unpaired) electrons. The number of thioether (sulfide) groups is 1. The number of carbonyl (C=O) groups excluding carboxylic acids is 3. The van der Waals surface area contributed by atoms with E-state index in [0.717, 1.165) is 18.2 Å². The van der Waals surface area contributed by atoms with E-state index in [9.17, 15) is 34.6 Å². The molecule has 1 fully saturated rings. The number of methoxy groups -OCH3 is 1. The molecule has 0 aromatic heterocycles. The fourth-order valence-corrected chi connectivity index (χ4v) is 3.61. The Balaban J connectivity index is 1.96. The van der Waals surface area contributed by atoms with Crippen molar-refractivity contribution in [3.8, 4) is 17.2 Å². The molecule has 170 valence electrons. The summed E-state index contributed by atoms with van der Waals surface area (Å²) < 4.78 is 10.8. The van der Waals surface area contributed by atoms with E-state index in [4.69, 9.17) is 15.2 Å². The van der Waals surface area contributed by atoms with Crippen molar-refractivity contribution >= 4 is 46.3 Å². The molecule has 0 atom stereocenters. The van der Waals surface area contributed by atoms with Gasteiger partial charge in [0.15, 0.2) is 11.5 Å². The molecule has 13 nitrogen and oxygen atoms in total. The Hall–Kier alpha value is -4.46. The van der Waals surface area contributed by atoms with Crippen LogP contribution in [0.1, 0.15) is 5.56 Å². The fraction of sp³-hybridized carbons (Fsp3) is 0.105. The topological polar surface area (TPSA) is 185 Å². The van der Waals surface area contributed by atoms with Crippen LogP contribution < -0.4 is 15.2 Å². The predicted octanol–water partition coefficient (Wildman–Crippen LogP) is 2.83. The number of primary amides is 1. The molecule has 2 N–H and O–H groups in total. The Labute approximate surface area is 189 Å². The molecule has 0 spiro atoms. The maximum absolute atomic E-state index is 12.4. The SMILES string of the molecule is COc1ccc(/C=C2\SC(=O)N(CC(N)=O)C2=O)cc1Oc1ccc([N+](=O)[O-])cc1[N+](=O)[O-]. The first-order chi connectivity index (χ1) is 15.6. The molecular weight excluding hydrogens is 460 g/mol.